The number of carboxylic acids is 1. The quantitative estimate of drug-likeness (QED) is 0.432. The fourth-order valence-electron chi connectivity index (χ4n) is 1.97. The molecule has 0 bridgehead atoms. The molecule has 1 heterocycles. The Hall–Kier alpha value is -1.50. The van der Waals surface area contributed by atoms with Gasteiger partial charge in [0.1, 0.15) is 6.04 Å². The predicted molar refractivity (Wildman–Crippen MR) is 60.1 cm³/mol. The second kappa shape index (κ2) is 5.02. The lowest BCUT2D eigenvalue weighted by Gasteiger charge is -2.40. The molecule has 1 rings (SSSR count). The average molecular weight is 229 g/mol. The number of guanidine groups is 1. The highest BCUT2D eigenvalue weighted by molar-refractivity contribution is 5.86. The normalized spacial score (nSPS) is 21.6. The van der Waals surface area contributed by atoms with Crippen LogP contribution in [-0.4, -0.2) is 46.1 Å². The first-order valence-corrected chi connectivity index (χ1v) is 5.28. The first-order valence-electron chi connectivity index (χ1n) is 5.28. The topological polar surface area (TPSA) is 108 Å². The number of nitrogens with zero attached hydrogens (tertiary/aromatic N) is 3. The van der Waals surface area contributed by atoms with Gasteiger partial charge in [0.25, 0.3) is 0 Å². The summed E-state index contributed by atoms with van der Waals surface area (Å²) >= 11 is 0. The maximum Gasteiger partial charge on any atom is 0.326 e. The van der Waals surface area contributed by atoms with E-state index in [1.165, 1.54) is 5.01 Å². The van der Waals surface area contributed by atoms with Crippen molar-refractivity contribution in [3.63, 3.8) is 0 Å². The number of aliphatic carboxylic acids is 1. The SMILES string of the molecule is CC(C)C(C(=O)O)N1CCCN(N)/C1=N\N. The molecule has 0 spiro atoms. The van der Waals surface area contributed by atoms with Crippen molar-refractivity contribution < 1.29 is 9.90 Å². The molecule has 16 heavy (non-hydrogen) atoms. The minimum Gasteiger partial charge on any atom is -0.480 e. The fourth-order valence-corrected chi connectivity index (χ4v) is 1.97. The number of carbonyl (C=O) groups is 1. The number of hydrazine groups is 1. The molecule has 1 atom stereocenters. The monoisotopic (exact) mass is 229 g/mol. The molecule has 1 unspecified atom stereocenters. The molecule has 1 saturated heterocycles. The van der Waals surface area contributed by atoms with Crippen molar-refractivity contribution >= 4 is 11.9 Å². The molecule has 1 fully saturated rings. The molecule has 0 aromatic heterocycles. The Morgan fingerprint density at radius 3 is 2.56 bits per heavy atom. The van der Waals surface area contributed by atoms with Crippen molar-refractivity contribution in [2.75, 3.05) is 13.1 Å². The van der Waals surface area contributed by atoms with Gasteiger partial charge < -0.3 is 15.8 Å². The van der Waals surface area contributed by atoms with E-state index < -0.39 is 12.0 Å². The van der Waals surface area contributed by atoms with Gasteiger partial charge in [0, 0.05) is 13.1 Å². The van der Waals surface area contributed by atoms with Crippen LogP contribution in [-0.2, 0) is 4.79 Å². The zero-order valence-corrected chi connectivity index (χ0v) is 9.63. The Labute approximate surface area is 94.6 Å². The van der Waals surface area contributed by atoms with Crippen LogP contribution >= 0.6 is 0 Å². The average Bonchev–Trinajstić information content (AvgIpc) is 2.16. The van der Waals surface area contributed by atoms with Gasteiger partial charge in [0.2, 0.25) is 5.96 Å². The number of carboxylic acid groups (broad SMARTS) is 1. The lowest BCUT2D eigenvalue weighted by molar-refractivity contribution is -0.143. The highest BCUT2D eigenvalue weighted by Crippen LogP contribution is 2.16. The van der Waals surface area contributed by atoms with Crippen molar-refractivity contribution in [3.05, 3.63) is 0 Å². The number of hydrazone groups is 1. The third-order valence-electron chi connectivity index (χ3n) is 2.65. The summed E-state index contributed by atoms with van der Waals surface area (Å²) in [6, 6.07) is -0.645. The summed E-state index contributed by atoms with van der Waals surface area (Å²) in [6.45, 7) is 4.95. The second-order valence-corrected chi connectivity index (χ2v) is 4.20. The molecule has 0 amide bonds. The molecule has 1 aliphatic rings. The van der Waals surface area contributed by atoms with Gasteiger partial charge in [-0.2, -0.15) is 0 Å². The first kappa shape index (κ1) is 12.6. The van der Waals surface area contributed by atoms with Crippen LogP contribution < -0.4 is 11.7 Å². The Bertz CT molecular complexity index is 292. The van der Waals surface area contributed by atoms with Gasteiger partial charge in [-0.3, -0.25) is 5.01 Å². The summed E-state index contributed by atoms with van der Waals surface area (Å²) in [7, 11) is 0. The number of hydrogen-bond acceptors (Lipinski definition) is 4. The molecule has 5 N–H and O–H groups in total. The van der Waals surface area contributed by atoms with Gasteiger partial charge in [0.15, 0.2) is 0 Å². The van der Waals surface area contributed by atoms with Gasteiger partial charge in [0.05, 0.1) is 0 Å². The predicted octanol–water partition coefficient (Wildman–Crippen LogP) is -0.793. The van der Waals surface area contributed by atoms with Gasteiger partial charge >= 0.3 is 5.97 Å². The Balaban J connectivity index is 2.94. The molecular formula is C9H19N5O2. The van der Waals surface area contributed by atoms with Gasteiger partial charge in [-0.1, -0.05) is 13.8 Å². The van der Waals surface area contributed by atoms with Crippen LogP contribution in [0, 0.1) is 5.92 Å². The molecule has 7 nitrogen and oxygen atoms in total. The highest BCUT2D eigenvalue weighted by Gasteiger charge is 2.34. The molecule has 0 saturated carbocycles. The Kier molecular flexibility index (Phi) is 3.94. The Morgan fingerprint density at radius 1 is 1.50 bits per heavy atom. The van der Waals surface area contributed by atoms with E-state index >= 15 is 0 Å². The zero-order chi connectivity index (χ0) is 12.3. The second-order valence-electron chi connectivity index (χ2n) is 4.20. The number of rotatable bonds is 3. The van der Waals surface area contributed by atoms with Gasteiger partial charge in [-0.15, -0.1) is 5.10 Å². The zero-order valence-electron chi connectivity index (χ0n) is 9.63. The Morgan fingerprint density at radius 2 is 2.12 bits per heavy atom. The largest absolute Gasteiger partial charge is 0.480 e. The van der Waals surface area contributed by atoms with E-state index in [9.17, 15) is 9.90 Å². The van der Waals surface area contributed by atoms with Crippen molar-refractivity contribution in [2.24, 2.45) is 22.7 Å². The fraction of sp³-hybridized carbons (Fsp3) is 0.778. The molecule has 0 aromatic carbocycles. The van der Waals surface area contributed by atoms with Crippen LogP contribution in [0.4, 0.5) is 0 Å². The van der Waals surface area contributed by atoms with E-state index in [4.69, 9.17) is 11.7 Å². The van der Waals surface area contributed by atoms with E-state index in [1.807, 2.05) is 13.8 Å². The molecule has 0 aliphatic carbocycles. The van der Waals surface area contributed by atoms with Crippen LogP contribution in [0.1, 0.15) is 20.3 Å². The van der Waals surface area contributed by atoms with Crippen molar-refractivity contribution in [1.82, 2.24) is 9.91 Å². The number of hydrogen-bond donors (Lipinski definition) is 3. The van der Waals surface area contributed by atoms with E-state index in [1.54, 1.807) is 4.90 Å². The smallest absolute Gasteiger partial charge is 0.326 e. The van der Waals surface area contributed by atoms with Crippen LogP contribution in [0.5, 0.6) is 0 Å². The minimum atomic E-state index is -0.883. The van der Waals surface area contributed by atoms with Gasteiger partial charge in [-0.05, 0) is 12.3 Å². The summed E-state index contributed by atoms with van der Waals surface area (Å²) in [5.74, 6) is 10.4. The first-order chi connectivity index (χ1) is 7.49. The van der Waals surface area contributed by atoms with Gasteiger partial charge in [-0.25, -0.2) is 10.6 Å². The summed E-state index contributed by atoms with van der Waals surface area (Å²) in [5.41, 5.74) is 0. The lowest BCUT2D eigenvalue weighted by atomic mass is 10.0. The van der Waals surface area contributed by atoms with E-state index in [0.717, 1.165) is 6.42 Å². The molecule has 7 heteroatoms. The van der Waals surface area contributed by atoms with Crippen LogP contribution in [0.3, 0.4) is 0 Å². The number of nitrogens with two attached hydrogens (primary N) is 2. The van der Waals surface area contributed by atoms with Crippen molar-refractivity contribution in [2.45, 2.75) is 26.3 Å². The standard InChI is InChI=1S/C9H19N5O2/c1-6(2)7(8(15)16)13-4-3-5-14(11)9(13)12-10/h6-7H,3-5,10-11H2,1-2H3,(H,15,16)/b12-9-. The van der Waals surface area contributed by atoms with Crippen molar-refractivity contribution in [1.29, 1.82) is 0 Å². The molecule has 1 aliphatic heterocycles. The third kappa shape index (κ3) is 2.35. The van der Waals surface area contributed by atoms with E-state index in [-0.39, 0.29) is 5.92 Å². The molecule has 0 aromatic rings. The van der Waals surface area contributed by atoms with Crippen molar-refractivity contribution in [3.8, 4) is 0 Å². The molecule has 92 valence electrons. The van der Waals surface area contributed by atoms with E-state index in [2.05, 4.69) is 5.10 Å². The minimum absolute atomic E-state index is 0.0410. The lowest BCUT2D eigenvalue weighted by Crippen LogP contribution is -2.60. The summed E-state index contributed by atoms with van der Waals surface area (Å²) in [6.07, 6.45) is 0.798. The molecule has 0 radical (unpaired) electrons. The maximum absolute atomic E-state index is 11.2. The van der Waals surface area contributed by atoms with Crippen LogP contribution in [0.2, 0.25) is 0 Å². The maximum atomic E-state index is 11.2. The highest BCUT2D eigenvalue weighted by atomic mass is 16.4. The van der Waals surface area contributed by atoms with E-state index in [0.29, 0.717) is 19.0 Å². The summed E-state index contributed by atoms with van der Waals surface area (Å²) in [5, 5.41) is 14.2. The van der Waals surface area contributed by atoms with Crippen LogP contribution in [0.15, 0.2) is 5.10 Å². The third-order valence-corrected chi connectivity index (χ3v) is 2.65. The molecular weight excluding hydrogens is 210 g/mol. The summed E-state index contributed by atoms with van der Waals surface area (Å²) < 4.78 is 0. The summed E-state index contributed by atoms with van der Waals surface area (Å²) in [4.78, 5) is 12.9. The van der Waals surface area contributed by atoms with Crippen LogP contribution in [0.25, 0.3) is 0 Å².